The molecule has 7 nitrogen and oxygen atoms in total. The molecule has 0 atom stereocenters. The molecule has 2 aromatic rings. The maximum absolute atomic E-state index is 13.1. The average molecular weight is 408 g/mol. The summed E-state index contributed by atoms with van der Waals surface area (Å²) in [7, 11) is 4.98. The molecule has 1 N–H and O–H groups in total. The van der Waals surface area contributed by atoms with Crippen LogP contribution in [-0.4, -0.2) is 51.5 Å². The number of fused-ring (bicyclic) bond motifs is 1. The molecule has 0 saturated carbocycles. The first-order valence-corrected chi connectivity index (χ1v) is 8.89. The van der Waals surface area contributed by atoms with Crippen LogP contribution in [0.2, 0.25) is 0 Å². The van der Waals surface area contributed by atoms with E-state index in [4.69, 9.17) is 9.47 Å². The number of rotatable bonds is 8. The van der Waals surface area contributed by atoms with Crippen LogP contribution >= 0.6 is 0 Å². The van der Waals surface area contributed by atoms with Gasteiger partial charge in [-0.3, -0.25) is 9.69 Å². The predicted octanol–water partition coefficient (Wildman–Crippen LogP) is 3.14. The Bertz CT molecular complexity index is 891. The second kappa shape index (κ2) is 8.52. The molecule has 1 aliphatic heterocycles. The molecule has 3 rings (SSSR count). The number of methoxy groups -OCH3 is 2. The molecule has 1 amide bonds. The van der Waals surface area contributed by atoms with E-state index in [1.807, 2.05) is 30.1 Å². The predicted molar refractivity (Wildman–Crippen MR) is 102 cm³/mol. The van der Waals surface area contributed by atoms with Gasteiger partial charge in [-0.05, 0) is 43.3 Å². The van der Waals surface area contributed by atoms with Crippen molar-refractivity contribution >= 4 is 11.6 Å². The van der Waals surface area contributed by atoms with Gasteiger partial charge in [-0.15, -0.1) is 8.78 Å². The number of nitrogens with zero attached hydrogens (tertiary/aromatic N) is 1. The third kappa shape index (κ3) is 5.26. The molecule has 0 aromatic heterocycles. The Morgan fingerprint density at radius 1 is 1.07 bits per heavy atom. The molecule has 1 aliphatic rings. The number of carbonyl (C=O) groups is 1. The second-order valence-corrected chi connectivity index (χ2v) is 6.55. The molecule has 1 heterocycles. The smallest absolute Gasteiger partial charge is 0.493 e. The van der Waals surface area contributed by atoms with Gasteiger partial charge in [0, 0.05) is 18.3 Å². The average Bonchev–Trinajstić information content (AvgIpc) is 2.99. The highest BCUT2D eigenvalue weighted by atomic mass is 19.3. The fraction of sp³-hybridized carbons (Fsp3) is 0.350. The summed E-state index contributed by atoms with van der Waals surface area (Å²) in [5, 5.41) is 2.66. The van der Waals surface area contributed by atoms with Gasteiger partial charge in [0.2, 0.25) is 5.91 Å². The SMILES string of the molecule is COc1ccc(CCN(C)CC(=O)Nc2ccc3c(c2)OC(F)(F)O3)cc1OC. The van der Waals surface area contributed by atoms with E-state index < -0.39 is 6.29 Å². The summed E-state index contributed by atoms with van der Waals surface area (Å²) in [6, 6.07) is 9.78. The van der Waals surface area contributed by atoms with Gasteiger partial charge in [0.15, 0.2) is 23.0 Å². The highest BCUT2D eigenvalue weighted by Gasteiger charge is 2.43. The lowest BCUT2D eigenvalue weighted by Gasteiger charge is -2.17. The molecule has 0 radical (unpaired) electrons. The second-order valence-electron chi connectivity index (χ2n) is 6.55. The minimum absolute atomic E-state index is 0.0694. The Kier molecular flexibility index (Phi) is 6.07. The van der Waals surface area contributed by atoms with Crippen LogP contribution in [0.15, 0.2) is 36.4 Å². The van der Waals surface area contributed by atoms with E-state index in [0.717, 1.165) is 5.56 Å². The number of hydrogen-bond acceptors (Lipinski definition) is 6. The molecule has 0 spiro atoms. The van der Waals surface area contributed by atoms with Crippen molar-refractivity contribution in [3.8, 4) is 23.0 Å². The van der Waals surface area contributed by atoms with Crippen molar-refractivity contribution in [1.29, 1.82) is 0 Å². The fourth-order valence-corrected chi connectivity index (χ4v) is 2.91. The van der Waals surface area contributed by atoms with Crippen molar-refractivity contribution in [2.45, 2.75) is 12.7 Å². The summed E-state index contributed by atoms with van der Waals surface area (Å²) in [6.45, 7) is 0.772. The largest absolute Gasteiger partial charge is 0.586 e. The number of alkyl halides is 2. The van der Waals surface area contributed by atoms with E-state index in [1.54, 1.807) is 14.2 Å². The standard InChI is InChI=1S/C20H22F2N2O5/c1-24(9-8-13-4-6-15(26-2)17(10-13)27-3)12-19(25)23-14-5-7-16-18(11-14)29-20(21,22)28-16/h4-7,10-11H,8-9,12H2,1-3H3,(H,23,25). The van der Waals surface area contributed by atoms with Gasteiger partial charge in [-0.25, -0.2) is 0 Å². The molecule has 9 heteroatoms. The van der Waals surface area contributed by atoms with Crippen LogP contribution in [0.4, 0.5) is 14.5 Å². The normalized spacial score (nSPS) is 14.0. The molecule has 0 fully saturated rings. The first-order valence-electron chi connectivity index (χ1n) is 8.89. The molecule has 0 saturated heterocycles. The quantitative estimate of drug-likeness (QED) is 0.724. The van der Waals surface area contributed by atoms with Crippen LogP contribution in [0.25, 0.3) is 0 Å². The highest BCUT2D eigenvalue weighted by Crippen LogP contribution is 2.42. The Labute approximate surface area is 167 Å². The van der Waals surface area contributed by atoms with Crippen molar-refractivity contribution in [1.82, 2.24) is 4.90 Å². The number of hydrogen-bond donors (Lipinski definition) is 1. The number of amides is 1. The number of nitrogens with one attached hydrogen (secondary N) is 1. The van der Waals surface area contributed by atoms with Crippen LogP contribution in [0, 0.1) is 0 Å². The van der Waals surface area contributed by atoms with E-state index in [2.05, 4.69) is 14.8 Å². The molecule has 0 aliphatic carbocycles. The minimum atomic E-state index is -3.69. The van der Waals surface area contributed by atoms with E-state index in [9.17, 15) is 13.6 Å². The Hall–Kier alpha value is -3.07. The lowest BCUT2D eigenvalue weighted by atomic mass is 10.1. The molecule has 156 valence electrons. The topological polar surface area (TPSA) is 69.3 Å². The Morgan fingerprint density at radius 2 is 1.79 bits per heavy atom. The highest BCUT2D eigenvalue weighted by molar-refractivity contribution is 5.92. The third-order valence-electron chi connectivity index (χ3n) is 4.33. The number of ether oxygens (including phenoxy) is 4. The summed E-state index contributed by atoms with van der Waals surface area (Å²) < 4.78 is 45.4. The van der Waals surface area contributed by atoms with Crippen molar-refractivity contribution in [3.05, 3.63) is 42.0 Å². The summed E-state index contributed by atoms with van der Waals surface area (Å²) >= 11 is 0. The van der Waals surface area contributed by atoms with Gasteiger partial charge in [0.25, 0.3) is 0 Å². The van der Waals surface area contributed by atoms with E-state index in [1.165, 1.54) is 18.2 Å². The summed E-state index contributed by atoms with van der Waals surface area (Å²) in [5.74, 6) is 0.851. The number of likely N-dealkylation sites (N-methyl/N-ethyl adjacent to an activating group) is 1. The van der Waals surface area contributed by atoms with Crippen molar-refractivity contribution < 1.29 is 32.5 Å². The minimum Gasteiger partial charge on any atom is -0.493 e. The fourth-order valence-electron chi connectivity index (χ4n) is 2.91. The van der Waals surface area contributed by atoms with Crippen LogP contribution in [0.1, 0.15) is 5.56 Å². The first-order chi connectivity index (χ1) is 13.8. The zero-order chi connectivity index (χ0) is 21.0. The van der Waals surface area contributed by atoms with Crippen LogP contribution in [-0.2, 0) is 11.2 Å². The molecule has 2 aromatic carbocycles. The van der Waals surface area contributed by atoms with Gasteiger partial charge in [-0.2, -0.15) is 0 Å². The maximum Gasteiger partial charge on any atom is 0.586 e. The Balaban J connectivity index is 1.50. The number of halogens is 2. The molecule has 0 bridgehead atoms. The van der Waals surface area contributed by atoms with Crippen molar-refractivity contribution in [2.24, 2.45) is 0 Å². The van der Waals surface area contributed by atoms with Gasteiger partial charge < -0.3 is 24.3 Å². The van der Waals surface area contributed by atoms with Gasteiger partial charge >= 0.3 is 6.29 Å². The monoisotopic (exact) mass is 408 g/mol. The summed E-state index contributed by atoms with van der Waals surface area (Å²) in [5.41, 5.74) is 1.40. The summed E-state index contributed by atoms with van der Waals surface area (Å²) in [6.07, 6.45) is -2.97. The van der Waals surface area contributed by atoms with E-state index in [0.29, 0.717) is 30.2 Å². The van der Waals surface area contributed by atoms with Crippen molar-refractivity contribution in [3.63, 3.8) is 0 Å². The lowest BCUT2D eigenvalue weighted by Crippen LogP contribution is -2.31. The first kappa shape index (κ1) is 20.7. The van der Waals surface area contributed by atoms with Crippen LogP contribution in [0.3, 0.4) is 0 Å². The number of carbonyl (C=O) groups excluding carboxylic acids is 1. The zero-order valence-corrected chi connectivity index (χ0v) is 16.3. The Morgan fingerprint density at radius 3 is 2.52 bits per heavy atom. The van der Waals surface area contributed by atoms with Crippen LogP contribution in [0.5, 0.6) is 23.0 Å². The van der Waals surface area contributed by atoms with Crippen molar-refractivity contribution in [2.75, 3.05) is 39.7 Å². The maximum atomic E-state index is 13.1. The summed E-state index contributed by atoms with van der Waals surface area (Å²) in [4.78, 5) is 14.1. The molecule has 0 unspecified atom stereocenters. The number of anilines is 1. The molecular formula is C20H22F2N2O5. The van der Waals surface area contributed by atoms with Crippen LogP contribution < -0.4 is 24.3 Å². The van der Waals surface area contributed by atoms with Gasteiger partial charge in [0.1, 0.15) is 0 Å². The van der Waals surface area contributed by atoms with E-state index >= 15 is 0 Å². The molecular weight excluding hydrogens is 386 g/mol. The zero-order valence-electron chi connectivity index (χ0n) is 16.3. The lowest BCUT2D eigenvalue weighted by molar-refractivity contribution is -0.286. The van der Waals surface area contributed by atoms with Gasteiger partial charge in [0.05, 0.1) is 20.8 Å². The van der Waals surface area contributed by atoms with E-state index in [-0.39, 0.29) is 24.0 Å². The number of benzene rings is 2. The van der Waals surface area contributed by atoms with Gasteiger partial charge in [-0.1, -0.05) is 6.07 Å². The third-order valence-corrected chi connectivity index (χ3v) is 4.33. The molecule has 29 heavy (non-hydrogen) atoms.